The van der Waals surface area contributed by atoms with Crippen molar-refractivity contribution < 1.29 is 4.79 Å². The Hall–Kier alpha value is -0.220. The van der Waals surface area contributed by atoms with Crippen molar-refractivity contribution in [1.82, 2.24) is 0 Å². The van der Waals surface area contributed by atoms with Crippen LogP contribution < -0.4 is 0 Å². The molecule has 1 amide bonds. The maximum Gasteiger partial charge on any atom is 0.285 e. The number of allylic oxidation sites excluding steroid dienone is 1. The van der Waals surface area contributed by atoms with Crippen LogP contribution in [0.3, 0.4) is 0 Å². The van der Waals surface area contributed by atoms with Gasteiger partial charge in [0.05, 0.1) is 4.91 Å². The van der Waals surface area contributed by atoms with Crippen LogP contribution in [0.4, 0.5) is 0 Å². The van der Waals surface area contributed by atoms with Gasteiger partial charge in [0.15, 0.2) is 0 Å². The lowest BCUT2D eigenvalue weighted by atomic mass is 10.2. The summed E-state index contributed by atoms with van der Waals surface area (Å²) in [5, 5.41) is 0. The molecule has 0 unspecified atom stereocenters. The van der Waals surface area contributed by atoms with E-state index < -0.39 is 0 Å². The fourth-order valence-electron chi connectivity index (χ4n) is 0.794. The van der Waals surface area contributed by atoms with Crippen LogP contribution in [0.5, 0.6) is 0 Å². The second-order valence-electron chi connectivity index (χ2n) is 2.76. The van der Waals surface area contributed by atoms with Gasteiger partial charge in [-0.2, -0.15) is 4.99 Å². The molecule has 0 saturated carbocycles. The van der Waals surface area contributed by atoms with Crippen LogP contribution in [0.15, 0.2) is 16.0 Å². The molecule has 2 nitrogen and oxygen atoms in total. The summed E-state index contributed by atoms with van der Waals surface area (Å²) >= 11 is 2.99. The molecular weight excluding hydrogens is 190 g/mol. The molecule has 66 valence electrons. The number of thioether (sulfide) groups is 2. The summed E-state index contributed by atoms with van der Waals surface area (Å²) in [7, 11) is 0. The Kier molecular flexibility index (Phi) is 3.40. The molecule has 12 heavy (non-hydrogen) atoms. The monoisotopic (exact) mass is 201 g/mol. The van der Waals surface area contributed by atoms with E-state index in [1.54, 1.807) is 0 Å². The molecular formula is C8H11NOS2. The van der Waals surface area contributed by atoms with Gasteiger partial charge in [0.2, 0.25) is 0 Å². The van der Waals surface area contributed by atoms with Crippen molar-refractivity contribution >= 4 is 33.8 Å². The molecule has 0 fully saturated rings. The standard InChI is InChI=1S/C8H11NOS2/c1-5(2)4-6-7(10)9-8(11-3)12-6/h4-5H,1-3H3/b6-4-. The largest absolute Gasteiger partial charge is 0.285 e. The van der Waals surface area contributed by atoms with Gasteiger partial charge in [-0.25, -0.2) is 0 Å². The number of amides is 1. The molecule has 0 saturated heterocycles. The first-order valence-corrected chi connectivity index (χ1v) is 5.74. The highest BCUT2D eigenvalue weighted by Crippen LogP contribution is 2.31. The zero-order chi connectivity index (χ0) is 9.14. The maximum atomic E-state index is 11.2. The van der Waals surface area contributed by atoms with Gasteiger partial charge in [0, 0.05) is 0 Å². The second-order valence-corrected chi connectivity index (χ2v) is 4.85. The van der Waals surface area contributed by atoms with Crippen LogP contribution >= 0.6 is 23.5 Å². The van der Waals surface area contributed by atoms with Crippen molar-refractivity contribution in [2.24, 2.45) is 10.9 Å². The van der Waals surface area contributed by atoms with Crippen molar-refractivity contribution in [3.05, 3.63) is 11.0 Å². The Morgan fingerprint density at radius 3 is 2.67 bits per heavy atom. The lowest BCUT2D eigenvalue weighted by Gasteiger charge is -1.96. The molecule has 1 aliphatic heterocycles. The summed E-state index contributed by atoms with van der Waals surface area (Å²) in [4.78, 5) is 15.8. The summed E-state index contributed by atoms with van der Waals surface area (Å²) in [6, 6.07) is 0. The van der Waals surface area contributed by atoms with Gasteiger partial charge < -0.3 is 0 Å². The van der Waals surface area contributed by atoms with Crippen LogP contribution in [0.2, 0.25) is 0 Å². The topological polar surface area (TPSA) is 29.4 Å². The van der Waals surface area contributed by atoms with E-state index >= 15 is 0 Å². The van der Waals surface area contributed by atoms with Crippen molar-refractivity contribution in [3.8, 4) is 0 Å². The first kappa shape index (κ1) is 9.86. The minimum atomic E-state index is -0.0851. The zero-order valence-electron chi connectivity index (χ0n) is 7.33. The number of carbonyl (C=O) groups excluding carboxylic acids is 1. The predicted octanol–water partition coefficient (Wildman–Crippen LogP) is 2.52. The van der Waals surface area contributed by atoms with E-state index in [1.165, 1.54) is 23.5 Å². The van der Waals surface area contributed by atoms with Crippen LogP contribution in [-0.4, -0.2) is 16.5 Å². The van der Waals surface area contributed by atoms with Crippen LogP contribution in [-0.2, 0) is 4.79 Å². The lowest BCUT2D eigenvalue weighted by Crippen LogP contribution is -1.90. The predicted molar refractivity (Wildman–Crippen MR) is 56.5 cm³/mol. The Bertz CT molecular complexity index is 256. The summed E-state index contributed by atoms with van der Waals surface area (Å²) in [6.07, 6.45) is 3.89. The van der Waals surface area contributed by atoms with Gasteiger partial charge in [-0.1, -0.05) is 31.7 Å². The van der Waals surface area contributed by atoms with E-state index in [4.69, 9.17) is 0 Å². The SMILES string of the molecule is CSC1=NC(=O)/C(=C/C(C)C)S1. The second kappa shape index (κ2) is 4.14. The molecule has 0 aromatic rings. The third-order valence-corrected chi connectivity index (χ3v) is 3.25. The van der Waals surface area contributed by atoms with E-state index in [-0.39, 0.29) is 5.91 Å². The maximum absolute atomic E-state index is 11.2. The van der Waals surface area contributed by atoms with Gasteiger partial charge in [0.1, 0.15) is 4.38 Å². The molecule has 4 heteroatoms. The Balaban J connectivity index is 2.72. The van der Waals surface area contributed by atoms with E-state index in [9.17, 15) is 4.79 Å². The molecule has 0 bridgehead atoms. The molecule has 0 aliphatic carbocycles. The Morgan fingerprint density at radius 1 is 1.58 bits per heavy atom. The molecule has 1 rings (SSSR count). The smallest absolute Gasteiger partial charge is 0.266 e. The van der Waals surface area contributed by atoms with E-state index in [0.29, 0.717) is 5.92 Å². The van der Waals surface area contributed by atoms with Gasteiger partial charge in [-0.15, -0.1) is 11.8 Å². The molecule has 0 spiro atoms. The quantitative estimate of drug-likeness (QED) is 0.610. The zero-order valence-corrected chi connectivity index (χ0v) is 8.96. The minimum Gasteiger partial charge on any atom is -0.266 e. The van der Waals surface area contributed by atoms with Gasteiger partial charge in [-0.3, -0.25) is 4.79 Å². The highest BCUT2D eigenvalue weighted by Gasteiger charge is 2.20. The van der Waals surface area contributed by atoms with Crippen LogP contribution in [0.1, 0.15) is 13.8 Å². The molecule has 0 atom stereocenters. The number of rotatable bonds is 1. The fraction of sp³-hybridized carbons (Fsp3) is 0.500. The highest BCUT2D eigenvalue weighted by molar-refractivity contribution is 8.40. The number of carbonyl (C=O) groups is 1. The first-order chi connectivity index (χ1) is 5.63. The van der Waals surface area contributed by atoms with Gasteiger partial charge in [-0.05, 0) is 12.2 Å². The van der Waals surface area contributed by atoms with Gasteiger partial charge >= 0.3 is 0 Å². The summed E-state index contributed by atoms with van der Waals surface area (Å²) in [6.45, 7) is 4.11. The van der Waals surface area contributed by atoms with Crippen molar-refractivity contribution in [1.29, 1.82) is 0 Å². The van der Waals surface area contributed by atoms with Crippen molar-refractivity contribution in [2.45, 2.75) is 13.8 Å². The van der Waals surface area contributed by atoms with Crippen LogP contribution in [0.25, 0.3) is 0 Å². The number of hydrogen-bond acceptors (Lipinski definition) is 3. The lowest BCUT2D eigenvalue weighted by molar-refractivity contribution is -0.113. The molecule has 1 heterocycles. The average molecular weight is 201 g/mol. The van der Waals surface area contributed by atoms with Crippen molar-refractivity contribution in [3.63, 3.8) is 0 Å². The third-order valence-electron chi connectivity index (χ3n) is 1.26. The van der Waals surface area contributed by atoms with Gasteiger partial charge in [0.25, 0.3) is 5.91 Å². The number of hydrogen-bond donors (Lipinski definition) is 0. The summed E-state index contributed by atoms with van der Waals surface area (Å²) in [5.74, 6) is 0.325. The molecule has 0 radical (unpaired) electrons. The average Bonchev–Trinajstić information content (AvgIpc) is 2.31. The highest BCUT2D eigenvalue weighted by atomic mass is 32.2. The van der Waals surface area contributed by atoms with E-state index in [1.807, 2.05) is 12.3 Å². The third kappa shape index (κ3) is 2.38. The summed E-state index contributed by atoms with van der Waals surface area (Å²) in [5.41, 5.74) is 0. The first-order valence-electron chi connectivity index (χ1n) is 3.70. The Morgan fingerprint density at radius 2 is 2.25 bits per heavy atom. The number of aliphatic imine (C=N–C) groups is 1. The summed E-state index contributed by atoms with van der Waals surface area (Å²) < 4.78 is 0.854. The van der Waals surface area contributed by atoms with Crippen molar-refractivity contribution in [2.75, 3.05) is 6.26 Å². The molecule has 1 aliphatic rings. The Labute approximate surface area is 80.9 Å². The van der Waals surface area contributed by atoms with Crippen LogP contribution in [0, 0.1) is 5.92 Å². The van der Waals surface area contributed by atoms with E-state index in [0.717, 1.165) is 9.28 Å². The molecule has 0 N–H and O–H groups in total. The molecule has 0 aromatic heterocycles. The fourth-order valence-corrected chi connectivity index (χ4v) is 2.36. The molecule has 0 aromatic carbocycles. The normalized spacial score (nSPS) is 20.8. The minimum absolute atomic E-state index is 0.0851. The van der Waals surface area contributed by atoms with E-state index in [2.05, 4.69) is 18.8 Å². The number of nitrogens with zero attached hydrogens (tertiary/aromatic N) is 1.